The molecule has 6 nitrogen and oxygen atoms in total. The minimum atomic E-state index is -0.431. The number of methoxy groups -OCH3 is 1. The summed E-state index contributed by atoms with van der Waals surface area (Å²) < 4.78 is 16.1. The van der Waals surface area contributed by atoms with Gasteiger partial charge in [-0.15, -0.1) is 0 Å². The van der Waals surface area contributed by atoms with Gasteiger partial charge in [-0.25, -0.2) is 4.79 Å². The van der Waals surface area contributed by atoms with E-state index in [-0.39, 0.29) is 17.9 Å². The third-order valence-corrected chi connectivity index (χ3v) is 4.65. The maximum Gasteiger partial charge on any atom is 0.337 e. The Balaban J connectivity index is 1.78. The van der Waals surface area contributed by atoms with Gasteiger partial charge in [0.2, 0.25) is 0 Å². The van der Waals surface area contributed by atoms with Crippen LogP contribution in [0.2, 0.25) is 0 Å². The summed E-state index contributed by atoms with van der Waals surface area (Å²) in [7, 11) is 1.32. The quantitative estimate of drug-likeness (QED) is 0.796. The molecule has 0 aromatic heterocycles. The summed E-state index contributed by atoms with van der Waals surface area (Å²) in [5, 5.41) is 3.08. The number of carbonyl (C=O) groups is 2. The van der Waals surface area contributed by atoms with E-state index in [1.54, 1.807) is 24.3 Å². The van der Waals surface area contributed by atoms with E-state index in [0.717, 1.165) is 17.7 Å². The minimum Gasteiger partial charge on any atom is -0.490 e. The number of nitrogens with one attached hydrogen (secondary N) is 1. The standard InChI is InChI=1S/C22H25NO5/c1-14(2)20(17-9-10-18-19(13-17)28-12-4-11-27-18)23-21(24)15-5-7-16(8-6-15)22(25)26-3/h5-10,13-14,20H,4,11-12H2,1-3H3,(H,23,24). The number of fused-ring (bicyclic) bond motifs is 1. The predicted octanol–water partition coefficient (Wildman–Crippen LogP) is 3.76. The molecule has 1 atom stereocenters. The number of carbonyl (C=O) groups excluding carboxylic acids is 2. The fourth-order valence-electron chi connectivity index (χ4n) is 3.11. The van der Waals surface area contributed by atoms with Crippen LogP contribution in [0.4, 0.5) is 0 Å². The molecule has 0 fully saturated rings. The first-order valence-corrected chi connectivity index (χ1v) is 9.38. The molecule has 1 amide bonds. The van der Waals surface area contributed by atoms with E-state index >= 15 is 0 Å². The average molecular weight is 383 g/mol. The van der Waals surface area contributed by atoms with Gasteiger partial charge < -0.3 is 19.5 Å². The lowest BCUT2D eigenvalue weighted by Crippen LogP contribution is -2.31. The van der Waals surface area contributed by atoms with Crippen LogP contribution in [0.1, 0.15) is 52.6 Å². The molecule has 1 unspecified atom stereocenters. The van der Waals surface area contributed by atoms with Crippen LogP contribution in [-0.4, -0.2) is 32.2 Å². The van der Waals surface area contributed by atoms with Crippen LogP contribution in [0, 0.1) is 5.92 Å². The lowest BCUT2D eigenvalue weighted by molar-refractivity contribution is 0.0600. The van der Waals surface area contributed by atoms with E-state index in [4.69, 9.17) is 9.47 Å². The maximum absolute atomic E-state index is 12.7. The van der Waals surface area contributed by atoms with Crippen LogP contribution < -0.4 is 14.8 Å². The first-order valence-electron chi connectivity index (χ1n) is 9.38. The van der Waals surface area contributed by atoms with Crippen LogP contribution >= 0.6 is 0 Å². The van der Waals surface area contributed by atoms with Crippen LogP contribution in [0.25, 0.3) is 0 Å². The van der Waals surface area contributed by atoms with Crippen molar-refractivity contribution in [1.82, 2.24) is 5.32 Å². The molecular weight excluding hydrogens is 358 g/mol. The summed E-state index contributed by atoms with van der Waals surface area (Å²) in [6, 6.07) is 12.0. The number of benzene rings is 2. The van der Waals surface area contributed by atoms with Crippen molar-refractivity contribution in [2.45, 2.75) is 26.3 Å². The zero-order chi connectivity index (χ0) is 20.1. The molecule has 148 valence electrons. The summed E-state index contributed by atoms with van der Waals surface area (Å²) in [6.45, 7) is 5.35. The number of hydrogen-bond acceptors (Lipinski definition) is 5. The van der Waals surface area contributed by atoms with E-state index in [1.165, 1.54) is 7.11 Å². The van der Waals surface area contributed by atoms with E-state index < -0.39 is 5.97 Å². The van der Waals surface area contributed by atoms with Crippen molar-refractivity contribution in [3.8, 4) is 11.5 Å². The molecule has 3 rings (SSSR count). The third-order valence-electron chi connectivity index (χ3n) is 4.65. The van der Waals surface area contributed by atoms with Crippen molar-refractivity contribution in [3.05, 3.63) is 59.2 Å². The Labute approximate surface area is 164 Å². The van der Waals surface area contributed by atoms with E-state index in [9.17, 15) is 9.59 Å². The van der Waals surface area contributed by atoms with Crippen molar-refractivity contribution >= 4 is 11.9 Å². The van der Waals surface area contributed by atoms with Gasteiger partial charge in [0.15, 0.2) is 11.5 Å². The Hall–Kier alpha value is -3.02. The molecule has 28 heavy (non-hydrogen) atoms. The first-order chi connectivity index (χ1) is 13.5. The van der Waals surface area contributed by atoms with Gasteiger partial charge in [-0.05, 0) is 47.9 Å². The normalized spacial score (nSPS) is 14.1. The van der Waals surface area contributed by atoms with Crippen LogP contribution in [-0.2, 0) is 4.74 Å². The molecular formula is C22H25NO5. The Morgan fingerprint density at radius 2 is 1.61 bits per heavy atom. The van der Waals surface area contributed by atoms with Gasteiger partial charge in [0, 0.05) is 12.0 Å². The molecule has 1 aliphatic heterocycles. The van der Waals surface area contributed by atoms with Gasteiger partial charge in [-0.2, -0.15) is 0 Å². The molecule has 6 heteroatoms. The minimum absolute atomic E-state index is 0.169. The molecule has 0 aliphatic carbocycles. The zero-order valence-corrected chi connectivity index (χ0v) is 16.4. The number of amides is 1. The highest BCUT2D eigenvalue weighted by molar-refractivity contribution is 5.96. The number of ether oxygens (including phenoxy) is 3. The monoisotopic (exact) mass is 383 g/mol. The fraction of sp³-hybridized carbons (Fsp3) is 0.364. The fourth-order valence-corrected chi connectivity index (χ4v) is 3.11. The van der Waals surface area contributed by atoms with E-state index in [2.05, 4.69) is 10.1 Å². The zero-order valence-electron chi connectivity index (χ0n) is 16.4. The highest BCUT2D eigenvalue weighted by Crippen LogP contribution is 2.34. The van der Waals surface area contributed by atoms with Crippen molar-refractivity contribution in [2.24, 2.45) is 5.92 Å². The molecule has 0 bridgehead atoms. The molecule has 1 N–H and O–H groups in total. The largest absolute Gasteiger partial charge is 0.490 e. The topological polar surface area (TPSA) is 73.9 Å². The lowest BCUT2D eigenvalue weighted by Gasteiger charge is -2.24. The van der Waals surface area contributed by atoms with Gasteiger partial charge >= 0.3 is 5.97 Å². The van der Waals surface area contributed by atoms with Gasteiger partial charge in [0.1, 0.15) is 0 Å². The molecule has 0 saturated heterocycles. The van der Waals surface area contributed by atoms with Crippen molar-refractivity contribution < 1.29 is 23.8 Å². The second kappa shape index (κ2) is 8.78. The van der Waals surface area contributed by atoms with E-state index in [0.29, 0.717) is 30.1 Å². The third kappa shape index (κ3) is 4.44. The first kappa shape index (κ1) is 19.7. The molecule has 0 saturated carbocycles. The lowest BCUT2D eigenvalue weighted by atomic mass is 9.95. The summed E-state index contributed by atoms with van der Waals surface area (Å²) in [5.41, 5.74) is 1.84. The Morgan fingerprint density at radius 3 is 2.25 bits per heavy atom. The average Bonchev–Trinajstić information content (AvgIpc) is 2.96. The molecule has 1 heterocycles. The number of rotatable bonds is 5. The summed E-state index contributed by atoms with van der Waals surface area (Å²) >= 11 is 0. The van der Waals surface area contributed by atoms with Crippen LogP contribution in [0.5, 0.6) is 11.5 Å². The van der Waals surface area contributed by atoms with Crippen molar-refractivity contribution in [3.63, 3.8) is 0 Å². The van der Waals surface area contributed by atoms with E-state index in [1.807, 2.05) is 32.0 Å². The maximum atomic E-state index is 12.7. The van der Waals surface area contributed by atoms with Crippen LogP contribution in [0.15, 0.2) is 42.5 Å². The predicted molar refractivity (Wildman–Crippen MR) is 105 cm³/mol. The Bertz CT molecular complexity index is 845. The van der Waals surface area contributed by atoms with Gasteiger partial charge in [0.25, 0.3) is 5.91 Å². The second-order valence-electron chi connectivity index (χ2n) is 7.02. The van der Waals surface area contributed by atoms with Gasteiger partial charge in [-0.1, -0.05) is 19.9 Å². The SMILES string of the molecule is COC(=O)c1ccc(C(=O)NC(c2ccc3c(c2)OCCCO3)C(C)C)cc1. The molecule has 0 spiro atoms. The second-order valence-corrected chi connectivity index (χ2v) is 7.02. The smallest absolute Gasteiger partial charge is 0.337 e. The highest BCUT2D eigenvalue weighted by atomic mass is 16.5. The Morgan fingerprint density at radius 1 is 0.964 bits per heavy atom. The summed E-state index contributed by atoms with van der Waals surface area (Å²) in [4.78, 5) is 24.3. The number of hydrogen-bond donors (Lipinski definition) is 1. The molecule has 0 radical (unpaired) electrons. The molecule has 2 aromatic rings. The van der Waals surface area contributed by atoms with Crippen molar-refractivity contribution in [1.29, 1.82) is 0 Å². The molecule has 1 aliphatic rings. The van der Waals surface area contributed by atoms with Gasteiger partial charge in [-0.3, -0.25) is 4.79 Å². The summed E-state index contributed by atoms with van der Waals surface area (Å²) in [5.74, 6) is 0.968. The highest BCUT2D eigenvalue weighted by Gasteiger charge is 2.22. The Kier molecular flexibility index (Phi) is 6.19. The van der Waals surface area contributed by atoms with Crippen LogP contribution in [0.3, 0.4) is 0 Å². The van der Waals surface area contributed by atoms with Crippen molar-refractivity contribution in [2.75, 3.05) is 20.3 Å². The number of esters is 1. The molecule has 2 aromatic carbocycles. The van der Waals surface area contributed by atoms with Gasteiger partial charge in [0.05, 0.1) is 31.9 Å². The summed E-state index contributed by atoms with van der Waals surface area (Å²) in [6.07, 6.45) is 0.843.